The molecule has 25 heavy (non-hydrogen) atoms. The van der Waals surface area contributed by atoms with E-state index in [1.54, 1.807) is 6.07 Å². The predicted molar refractivity (Wildman–Crippen MR) is 102 cm³/mol. The highest BCUT2D eigenvalue weighted by Crippen LogP contribution is 2.18. The van der Waals surface area contributed by atoms with Crippen LogP contribution in [0.25, 0.3) is 0 Å². The zero-order valence-electron chi connectivity index (χ0n) is 15.6. The molecule has 0 aliphatic heterocycles. The number of anilines is 1. The van der Waals surface area contributed by atoms with Gasteiger partial charge in [0.05, 0.1) is 0 Å². The van der Waals surface area contributed by atoms with Crippen molar-refractivity contribution >= 4 is 11.7 Å². The molecule has 0 radical (unpaired) electrons. The van der Waals surface area contributed by atoms with Gasteiger partial charge in [0, 0.05) is 25.2 Å². The Balaban J connectivity index is 2.12. The lowest BCUT2D eigenvalue weighted by molar-refractivity contribution is 0.0947. The van der Waals surface area contributed by atoms with Crippen LogP contribution in [0, 0.1) is 5.92 Å². The first-order valence-electron chi connectivity index (χ1n) is 8.88. The third kappa shape index (κ3) is 5.85. The average Bonchev–Trinajstić information content (AvgIpc) is 2.60. The number of aromatic nitrogens is 2. The highest BCUT2D eigenvalue weighted by atomic mass is 16.1. The molecule has 2 aromatic rings. The summed E-state index contributed by atoms with van der Waals surface area (Å²) in [7, 11) is 0. The summed E-state index contributed by atoms with van der Waals surface area (Å²) >= 11 is 0. The minimum Gasteiger partial charge on any atom is -0.351 e. The highest BCUT2D eigenvalue weighted by molar-refractivity contribution is 5.92. The summed E-state index contributed by atoms with van der Waals surface area (Å²) in [5.41, 5.74) is 1.62. The molecule has 0 spiro atoms. The summed E-state index contributed by atoms with van der Waals surface area (Å²) in [5, 5.41) is 2.93. The van der Waals surface area contributed by atoms with Gasteiger partial charge in [-0.05, 0) is 31.7 Å². The van der Waals surface area contributed by atoms with Crippen molar-refractivity contribution in [2.24, 2.45) is 5.92 Å². The minimum atomic E-state index is -0.146. The lowest BCUT2D eigenvalue weighted by Gasteiger charge is -2.28. The molecule has 0 aliphatic rings. The van der Waals surface area contributed by atoms with E-state index in [0.29, 0.717) is 18.2 Å². The van der Waals surface area contributed by atoms with Gasteiger partial charge in [0.1, 0.15) is 17.8 Å². The number of rotatable bonds is 8. The SMILES string of the molecule is CC(C)CCNC(=O)c1cc(N(Cc2ccccc2)C(C)C)ncn1. The fourth-order valence-corrected chi connectivity index (χ4v) is 2.50. The van der Waals surface area contributed by atoms with Gasteiger partial charge in [-0.3, -0.25) is 4.79 Å². The second-order valence-corrected chi connectivity index (χ2v) is 6.91. The molecular formula is C20H28N4O. The third-order valence-corrected chi connectivity index (χ3v) is 4.01. The molecule has 0 saturated heterocycles. The van der Waals surface area contributed by atoms with Crippen molar-refractivity contribution in [1.82, 2.24) is 15.3 Å². The van der Waals surface area contributed by atoms with Gasteiger partial charge in [0.2, 0.25) is 0 Å². The van der Waals surface area contributed by atoms with E-state index in [9.17, 15) is 4.79 Å². The maximum atomic E-state index is 12.3. The summed E-state index contributed by atoms with van der Waals surface area (Å²) in [6, 6.07) is 12.3. The van der Waals surface area contributed by atoms with Gasteiger partial charge < -0.3 is 10.2 Å². The summed E-state index contributed by atoms with van der Waals surface area (Å²) < 4.78 is 0. The standard InChI is InChI=1S/C20H28N4O/c1-15(2)10-11-21-20(25)18-12-19(23-14-22-18)24(16(3)4)13-17-8-6-5-7-9-17/h5-9,12,14-16H,10-11,13H2,1-4H3,(H,21,25). The molecule has 1 aromatic carbocycles. The van der Waals surface area contributed by atoms with Crippen molar-refractivity contribution in [2.45, 2.75) is 46.7 Å². The van der Waals surface area contributed by atoms with Gasteiger partial charge in [-0.25, -0.2) is 9.97 Å². The minimum absolute atomic E-state index is 0.146. The number of nitrogens with zero attached hydrogens (tertiary/aromatic N) is 3. The van der Waals surface area contributed by atoms with Crippen LogP contribution in [0.1, 0.15) is 50.2 Å². The second kappa shape index (κ2) is 9.16. The van der Waals surface area contributed by atoms with Crippen LogP contribution < -0.4 is 10.2 Å². The van der Waals surface area contributed by atoms with Crippen LogP contribution in [0.5, 0.6) is 0 Å². The van der Waals surface area contributed by atoms with E-state index in [1.165, 1.54) is 11.9 Å². The topological polar surface area (TPSA) is 58.1 Å². The second-order valence-electron chi connectivity index (χ2n) is 6.91. The van der Waals surface area contributed by atoms with E-state index in [-0.39, 0.29) is 11.9 Å². The molecule has 0 atom stereocenters. The van der Waals surface area contributed by atoms with E-state index in [0.717, 1.165) is 18.8 Å². The van der Waals surface area contributed by atoms with Gasteiger partial charge in [0.15, 0.2) is 0 Å². The molecule has 1 heterocycles. The average molecular weight is 340 g/mol. The molecule has 1 amide bonds. The molecule has 0 saturated carbocycles. The van der Waals surface area contributed by atoms with E-state index in [2.05, 4.69) is 60.0 Å². The molecule has 2 rings (SSSR count). The fourth-order valence-electron chi connectivity index (χ4n) is 2.50. The normalized spacial score (nSPS) is 11.0. The first-order chi connectivity index (χ1) is 12.0. The fraction of sp³-hybridized carbons (Fsp3) is 0.450. The molecule has 0 aliphatic carbocycles. The maximum Gasteiger partial charge on any atom is 0.270 e. The monoisotopic (exact) mass is 340 g/mol. The van der Waals surface area contributed by atoms with Crippen molar-refractivity contribution in [3.63, 3.8) is 0 Å². The number of carbonyl (C=O) groups excluding carboxylic acids is 1. The van der Waals surface area contributed by atoms with Crippen molar-refractivity contribution in [3.05, 3.63) is 54.0 Å². The van der Waals surface area contributed by atoms with Crippen LogP contribution in [-0.2, 0) is 6.54 Å². The Kier molecular flexibility index (Phi) is 6.92. The van der Waals surface area contributed by atoms with Crippen LogP contribution in [0.3, 0.4) is 0 Å². The number of hydrogen-bond acceptors (Lipinski definition) is 4. The number of amides is 1. The first-order valence-corrected chi connectivity index (χ1v) is 8.88. The van der Waals surface area contributed by atoms with Gasteiger partial charge in [0.25, 0.3) is 5.91 Å². The van der Waals surface area contributed by atoms with Crippen LogP contribution in [0.15, 0.2) is 42.7 Å². The Morgan fingerprint density at radius 2 is 1.84 bits per heavy atom. The molecule has 0 unspecified atom stereocenters. The van der Waals surface area contributed by atoms with Crippen LogP contribution >= 0.6 is 0 Å². The molecule has 0 bridgehead atoms. The highest BCUT2D eigenvalue weighted by Gasteiger charge is 2.16. The van der Waals surface area contributed by atoms with Crippen molar-refractivity contribution in [3.8, 4) is 0 Å². The van der Waals surface area contributed by atoms with E-state index in [4.69, 9.17) is 0 Å². The Bertz CT molecular complexity index is 670. The number of benzene rings is 1. The Morgan fingerprint density at radius 1 is 1.12 bits per heavy atom. The molecule has 5 heteroatoms. The zero-order chi connectivity index (χ0) is 18.2. The van der Waals surface area contributed by atoms with Crippen LogP contribution in [0.4, 0.5) is 5.82 Å². The molecular weight excluding hydrogens is 312 g/mol. The van der Waals surface area contributed by atoms with E-state index >= 15 is 0 Å². The van der Waals surface area contributed by atoms with Crippen LogP contribution in [-0.4, -0.2) is 28.5 Å². The largest absolute Gasteiger partial charge is 0.351 e. The maximum absolute atomic E-state index is 12.3. The summed E-state index contributed by atoms with van der Waals surface area (Å²) in [4.78, 5) is 23.0. The lowest BCUT2D eigenvalue weighted by atomic mass is 10.1. The number of nitrogens with one attached hydrogen (secondary N) is 1. The zero-order valence-corrected chi connectivity index (χ0v) is 15.6. The van der Waals surface area contributed by atoms with E-state index < -0.39 is 0 Å². The molecule has 5 nitrogen and oxygen atoms in total. The van der Waals surface area contributed by atoms with Crippen LogP contribution in [0.2, 0.25) is 0 Å². The molecule has 1 N–H and O–H groups in total. The lowest BCUT2D eigenvalue weighted by Crippen LogP contribution is -2.32. The van der Waals surface area contributed by atoms with Crippen molar-refractivity contribution < 1.29 is 4.79 Å². The molecule has 0 fully saturated rings. The number of hydrogen-bond donors (Lipinski definition) is 1. The van der Waals surface area contributed by atoms with Gasteiger partial charge in [-0.15, -0.1) is 0 Å². The Labute approximate surface area is 150 Å². The predicted octanol–water partition coefficient (Wildman–Crippen LogP) is 3.67. The van der Waals surface area contributed by atoms with Crippen molar-refractivity contribution in [1.29, 1.82) is 0 Å². The number of carbonyl (C=O) groups is 1. The van der Waals surface area contributed by atoms with Gasteiger partial charge in [-0.1, -0.05) is 44.2 Å². The Hall–Kier alpha value is -2.43. The third-order valence-electron chi connectivity index (χ3n) is 4.01. The smallest absolute Gasteiger partial charge is 0.270 e. The quantitative estimate of drug-likeness (QED) is 0.796. The summed E-state index contributed by atoms with van der Waals surface area (Å²) in [6.07, 6.45) is 2.42. The summed E-state index contributed by atoms with van der Waals surface area (Å²) in [6.45, 7) is 9.91. The van der Waals surface area contributed by atoms with Gasteiger partial charge >= 0.3 is 0 Å². The molecule has 134 valence electrons. The molecule has 1 aromatic heterocycles. The first kappa shape index (κ1) is 18.9. The van der Waals surface area contributed by atoms with E-state index in [1.807, 2.05) is 18.2 Å². The Morgan fingerprint density at radius 3 is 2.48 bits per heavy atom. The van der Waals surface area contributed by atoms with Gasteiger partial charge in [-0.2, -0.15) is 0 Å². The van der Waals surface area contributed by atoms with Crippen molar-refractivity contribution in [2.75, 3.05) is 11.4 Å². The summed E-state index contributed by atoms with van der Waals surface area (Å²) in [5.74, 6) is 1.18.